The molecule has 0 saturated carbocycles. The minimum absolute atomic E-state index is 0.951. The predicted octanol–water partition coefficient (Wildman–Crippen LogP) is 2.60. The summed E-state index contributed by atoms with van der Waals surface area (Å²) in [5.41, 5.74) is 1.14. The molecule has 2 rings (SSSR count). The smallest absolute Gasteiger partial charge is 0.0855 e. The number of aryl methyl sites for hydroxylation is 1. The standard InChI is InChI=1S/C9H10BrN3/c1-2-3-13-9-7(5-12-13)4-11-6-8(9)10/h4-6H,2-3H2,1H3. The van der Waals surface area contributed by atoms with Gasteiger partial charge in [0.2, 0.25) is 0 Å². The highest BCUT2D eigenvalue weighted by molar-refractivity contribution is 9.10. The number of pyridine rings is 1. The Morgan fingerprint density at radius 2 is 2.23 bits per heavy atom. The second-order valence-corrected chi connectivity index (χ2v) is 3.78. The topological polar surface area (TPSA) is 30.7 Å². The summed E-state index contributed by atoms with van der Waals surface area (Å²) >= 11 is 3.47. The van der Waals surface area contributed by atoms with Crippen LogP contribution in [0.5, 0.6) is 0 Å². The van der Waals surface area contributed by atoms with Gasteiger partial charge in [-0.1, -0.05) is 6.92 Å². The molecule has 4 heteroatoms. The van der Waals surface area contributed by atoms with E-state index < -0.39 is 0 Å². The van der Waals surface area contributed by atoms with Crippen LogP contribution in [0.25, 0.3) is 10.9 Å². The van der Waals surface area contributed by atoms with Crippen molar-refractivity contribution < 1.29 is 0 Å². The van der Waals surface area contributed by atoms with Gasteiger partial charge in [-0.05, 0) is 22.4 Å². The van der Waals surface area contributed by atoms with Crippen LogP contribution in [-0.2, 0) is 6.54 Å². The number of rotatable bonds is 2. The maximum Gasteiger partial charge on any atom is 0.0855 e. The summed E-state index contributed by atoms with van der Waals surface area (Å²) < 4.78 is 3.01. The Labute approximate surface area is 84.9 Å². The van der Waals surface area contributed by atoms with Crippen LogP contribution < -0.4 is 0 Å². The normalized spacial score (nSPS) is 10.9. The van der Waals surface area contributed by atoms with Crippen LogP contribution in [0.2, 0.25) is 0 Å². The Balaban J connectivity index is 2.64. The van der Waals surface area contributed by atoms with Crippen LogP contribution in [0.3, 0.4) is 0 Å². The van der Waals surface area contributed by atoms with E-state index in [0.717, 1.165) is 28.3 Å². The largest absolute Gasteiger partial charge is 0.264 e. The lowest BCUT2D eigenvalue weighted by Gasteiger charge is -2.01. The van der Waals surface area contributed by atoms with Crippen LogP contribution in [0.1, 0.15) is 13.3 Å². The molecule has 0 unspecified atom stereocenters. The average Bonchev–Trinajstić information content (AvgIpc) is 2.51. The Morgan fingerprint density at radius 1 is 1.38 bits per heavy atom. The first-order valence-electron chi connectivity index (χ1n) is 4.28. The third kappa shape index (κ3) is 1.46. The lowest BCUT2D eigenvalue weighted by Crippen LogP contribution is -1.98. The summed E-state index contributed by atoms with van der Waals surface area (Å²) in [6, 6.07) is 0. The fourth-order valence-corrected chi connectivity index (χ4v) is 1.93. The summed E-state index contributed by atoms with van der Waals surface area (Å²) in [5, 5.41) is 5.38. The lowest BCUT2D eigenvalue weighted by molar-refractivity contribution is 0.621. The van der Waals surface area contributed by atoms with Gasteiger partial charge in [-0.2, -0.15) is 5.10 Å². The van der Waals surface area contributed by atoms with E-state index in [1.54, 1.807) is 6.20 Å². The van der Waals surface area contributed by atoms with Gasteiger partial charge in [-0.25, -0.2) is 0 Å². The van der Waals surface area contributed by atoms with E-state index in [0.29, 0.717) is 0 Å². The van der Waals surface area contributed by atoms with Crippen molar-refractivity contribution in [3.8, 4) is 0 Å². The third-order valence-corrected chi connectivity index (χ3v) is 2.51. The SMILES string of the molecule is CCCn1ncc2cncc(Br)c21. The van der Waals surface area contributed by atoms with Gasteiger partial charge in [-0.3, -0.25) is 9.67 Å². The molecule has 0 N–H and O–H groups in total. The van der Waals surface area contributed by atoms with Crippen molar-refractivity contribution in [2.75, 3.05) is 0 Å². The Bertz CT molecular complexity index is 422. The molecule has 0 aliphatic carbocycles. The number of fused-ring (bicyclic) bond motifs is 1. The minimum Gasteiger partial charge on any atom is -0.264 e. The van der Waals surface area contributed by atoms with Gasteiger partial charge < -0.3 is 0 Å². The van der Waals surface area contributed by atoms with E-state index in [-0.39, 0.29) is 0 Å². The Kier molecular flexibility index (Phi) is 2.31. The molecule has 68 valence electrons. The molecule has 0 spiro atoms. The summed E-state index contributed by atoms with van der Waals surface area (Å²) in [6.45, 7) is 3.09. The number of halogens is 1. The summed E-state index contributed by atoms with van der Waals surface area (Å²) in [5.74, 6) is 0. The first-order chi connectivity index (χ1) is 6.33. The van der Waals surface area contributed by atoms with Gasteiger partial charge in [0.05, 0.1) is 16.2 Å². The van der Waals surface area contributed by atoms with Gasteiger partial charge >= 0.3 is 0 Å². The fourth-order valence-electron chi connectivity index (χ4n) is 1.38. The third-order valence-electron chi connectivity index (χ3n) is 1.93. The first kappa shape index (κ1) is 8.69. The molecule has 0 fully saturated rings. The van der Waals surface area contributed by atoms with Crippen molar-refractivity contribution in [1.29, 1.82) is 0 Å². The molecule has 0 aromatic carbocycles. The maximum absolute atomic E-state index is 4.29. The van der Waals surface area contributed by atoms with Crippen LogP contribution in [0.15, 0.2) is 23.1 Å². The highest BCUT2D eigenvalue weighted by Gasteiger charge is 2.04. The van der Waals surface area contributed by atoms with Gasteiger partial charge in [0.15, 0.2) is 0 Å². The molecular weight excluding hydrogens is 230 g/mol. The summed E-state index contributed by atoms with van der Waals surface area (Å²) in [7, 11) is 0. The zero-order chi connectivity index (χ0) is 9.26. The van der Waals surface area contributed by atoms with Crippen molar-refractivity contribution in [3.05, 3.63) is 23.1 Å². The Hall–Kier alpha value is -0.900. The van der Waals surface area contributed by atoms with Crippen molar-refractivity contribution in [1.82, 2.24) is 14.8 Å². The number of hydrogen-bond donors (Lipinski definition) is 0. The minimum atomic E-state index is 0.951. The second-order valence-electron chi connectivity index (χ2n) is 2.93. The zero-order valence-electron chi connectivity index (χ0n) is 7.37. The van der Waals surface area contributed by atoms with Crippen LogP contribution in [-0.4, -0.2) is 14.8 Å². The molecule has 2 aromatic heterocycles. The van der Waals surface area contributed by atoms with Crippen molar-refractivity contribution >= 4 is 26.8 Å². The van der Waals surface area contributed by atoms with E-state index in [4.69, 9.17) is 0 Å². The van der Waals surface area contributed by atoms with Gasteiger partial charge in [0, 0.05) is 24.3 Å². The van der Waals surface area contributed by atoms with Crippen LogP contribution in [0, 0.1) is 0 Å². The molecule has 0 bridgehead atoms. The fraction of sp³-hybridized carbons (Fsp3) is 0.333. The predicted molar refractivity (Wildman–Crippen MR) is 55.5 cm³/mol. The van der Waals surface area contributed by atoms with E-state index >= 15 is 0 Å². The molecule has 0 amide bonds. The monoisotopic (exact) mass is 239 g/mol. The van der Waals surface area contributed by atoms with Crippen molar-refractivity contribution in [3.63, 3.8) is 0 Å². The molecule has 0 aliphatic heterocycles. The second kappa shape index (κ2) is 3.46. The Morgan fingerprint density at radius 3 is 3.00 bits per heavy atom. The summed E-state index contributed by atoms with van der Waals surface area (Å²) in [4.78, 5) is 4.09. The molecule has 0 radical (unpaired) electrons. The first-order valence-corrected chi connectivity index (χ1v) is 5.07. The van der Waals surface area contributed by atoms with Crippen LogP contribution in [0.4, 0.5) is 0 Å². The maximum atomic E-state index is 4.29. The van der Waals surface area contributed by atoms with Crippen molar-refractivity contribution in [2.24, 2.45) is 0 Å². The molecule has 0 aliphatic rings. The molecule has 13 heavy (non-hydrogen) atoms. The molecule has 0 atom stereocenters. The molecule has 2 aromatic rings. The van der Waals surface area contributed by atoms with E-state index in [9.17, 15) is 0 Å². The van der Waals surface area contributed by atoms with E-state index in [1.165, 1.54) is 0 Å². The summed E-state index contributed by atoms with van der Waals surface area (Å²) in [6.07, 6.45) is 6.57. The molecule has 3 nitrogen and oxygen atoms in total. The van der Waals surface area contributed by atoms with Gasteiger partial charge in [0.1, 0.15) is 0 Å². The molecular formula is C9H10BrN3. The highest BCUT2D eigenvalue weighted by atomic mass is 79.9. The van der Waals surface area contributed by atoms with E-state index in [2.05, 4.69) is 32.9 Å². The zero-order valence-corrected chi connectivity index (χ0v) is 8.95. The molecule has 2 heterocycles. The quantitative estimate of drug-likeness (QED) is 0.807. The number of nitrogens with zero attached hydrogens (tertiary/aromatic N) is 3. The number of hydrogen-bond acceptors (Lipinski definition) is 2. The lowest BCUT2D eigenvalue weighted by atomic mass is 10.3. The van der Waals surface area contributed by atoms with Gasteiger partial charge in [-0.15, -0.1) is 0 Å². The van der Waals surface area contributed by atoms with Gasteiger partial charge in [0.25, 0.3) is 0 Å². The number of aromatic nitrogens is 3. The molecule has 0 saturated heterocycles. The van der Waals surface area contributed by atoms with E-state index in [1.807, 2.05) is 17.1 Å². The highest BCUT2D eigenvalue weighted by Crippen LogP contribution is 2.21. The van der Waals surface area contributed by atoms with Crippen molar-refractivity contribution in [2.45, 2.75) is 19.9 Å². The average molecular weight is 240 g/mol. The van der Waals surface area contributed by atoms with Crippen LogP contribution >= 0.6 is 15.9 Å².